The lowest BCUT2D eigenvalue weighted by Gasteiger charge is -2.61. The molecule has 16 heteroatoms. The van der Waals surface area contributed by atoms with Crippen LogP contribution in [-0.2, 0) is 30.2 Å². The topological polar surface area (TPSA) is 264 Å². The van der Waals surface area contributed by atoms with Crippen LogP contribution in [0.2, 0.25) is 0 Å². The number of aromatic amines is 1. The molecule has 1 spiro atoms. The molecule has 1 aromatic carbocycles. The molecule has 4 aliphatic carbocycles. The number of nitrogens with two attached hydrogens (primary N) is 1. The van der Waals surface area contributed by atoms with Crippen LogP contribution in [0.1, 0.15) is 81.9 Å². The van der Waals surface area contributed by atoms with Crippen molar-refractivity contribution in [1.29, 1.82) is 0 Å². The zero-order chi connectivity index (χ0) is 40.8. The SMILES string of the molecule is Cc1c(CC(=O)NCCC(=O)O[C@@H]2[C@@H](C)CC[C@]3(O)[C@]4(C)CC5(O)O[C@]23[C@@]2(O)C5(C)[C@@](O)(C(C)C)[C@@H](OC(=O)c3ccc[nH]3)[C@@]42O)c(=O)oc2cc(N)ccc12. The van der Waals surface area contributed by atoms with E-state index in [1.54, 1.807) is 45.9 Å². The summed E-state index contributed by atoms with van der Waals surface area (Å²) in [6, 6.07) is 7.86. The van der Waals surface area contributed by atoms with E-state index in [1.807, 2.05) is 0 Å². The average Bonchev–Trinajstić information content (AvgIpc) is 3.75. The number of aliphatic hydroxyl groups is 5. The maximum Gasteiger partial charge on any atom is 0.355 e. The minimum Gasteiger partial charge on any atom is -0.459 e. The summed E-state index contributed by atoms with van der Waals surface area (Å²) in [5.41, 5.74) is -10.1. The molecule has 2 unspecified atom stereocenters. The van der Waals surface area contributed by atoms with Crippen molar-refractivity contribution in [3.05, 3.63) is 63.8 Å². The fourth-order valence-electron chi connectivity index (χ4n) is 12.1. The van der Waals surface area contributed by atoms with Crippen molar-refractivity contribution in [3.63, 3.8) is 0 Å². The van der Waals surface area contributed by atoms with Gasteiger partial charge in [0.05, 0.1) is 23.8 Å². The van der Waals surface area contributed by atoms with Gasteiger partial charge in [-0.2, -0.15) is 0 Å². The number of hydrogen-bond donors (Lipinski definition) is 8. The van der Waals surface area contributed by atoms with E-state index in [0.717, 1.165) is 0 Å². The predicted molar refractivity (Wildman–Crippen MR) is 195 cm³/mol. The van der Waals surface area contributed by atoms with E-state index in [1.165, 1.54) is 32.2 Å². The quantitative estimate of drug-likeness (QED) is 0.0860. The van der Waals surface area contributed by atoms with E-state index in [4.69, 9.17) is 24.4 Å². The van der Waals surface area contributed by atoms with Gasteiger partial charge in [0.2, 0.25) is 5.91 Å². The number of rotatable bonds is 9. The lowest BCUT2D eigenvalue weighted by molar-refractivity contribution is -0.390. The number of fused-ring (bicyclic) bond motifs is 1. The molecule has 4 heterocycles. The number of esters is 2. The Bertz CT molecular complexity index is 2240. The van der Waals surface area contributed by atoms with Crippen LogP contribution in [0.3, 0.4) is 0 Å². The largest absolute Gasteiger partial charge is 0.459 e. The minimum atomic E-state index is -2.79. The number of H-pyrrole nitrogens is 1. The molecule has 3 aromatic rings. The smallest absolute Gasteiger partial charge is 0.355 e. The summed E-state index contributed by atoms with van der Waals surface area (Å²) < 4.78 is 24.0. The molecule has 9 rings (SSSR count). The Morgan fingerprint density at radius 2 is 1.80 bits per heavy atom. The predicted octanol–water partition coefficient (Wildman–Crippen LogP) is 1.11. The molecule has 302 valence electrons. The summed E-state index contributed by atoms with van der Waals surface area (Å²) in [5.74, 6) is -6.34. The molecular formula is C40H49N3O13. The molecule has 6 bridgehead atoms. The lowest BCUT2D eigenvalue weighted by Crippen LogP contribution is -2.75. The van der Waals surface area contributed by atoms with Crippen molar-refractivity contribution in [2.75, 3.05) is 12.3 Å². The summed E-state index contributed by atoms with van der Waals surface area (Å²) in [7, 11) is 0. The highest BCUT2D eigenvalue weighted by Gasteiger charge is 3.10. The second kappa shape index (κ2) is 11.6. The molecule has 2 saturated heterocycles. The van der Waals surface area contributed by atoms with Gasteiger partial charge < -0.3 is 60.2 Å². The minimum absolute atomic E-state index is 0.000737. The monoisotopic (exact) mass is 779 g/mol. The first kappa shape index (κ1) is 38.5. The Morgan fingerprint density at radius 3 is 2.46 bits per heavy atom. The number of hydrogen-bond acceptors (Lipinski definition) is 14. The van der Waals surface area contributed by atoms with E-state index in [0.29, 0.717) is 16.6 Å². The van der Waals surface area contributed by atoms with Crippen LogP contribution in [0.4, 0.5) is 5.69 Å². The van der Waals surface area contributed by atoms with Crippen molar-refractivity contribution in [1.82, 2.24) is 10.3 Å². The van der Waals surface area contributed by atoms with Gasteiger partial charge in [-0.15, -0.1) is 0 Å². The molecule has 0 radical (unpaired) electrons. The van der Waals surface area contributed by atoms with Gasteiger partial charge in [-0.25, -0.2) is 9.59 Å². The van der Waals surface area contributed by atoms with E-state index in [9.17, 15) is 44.7 Å². The average molecular weight is 780 g/mol. The zero-order valence-corrected chi connectivity index (χ0v) is 32.1. The third-order valence-electron chi connectivity index (χ3n) is 14.8. The van der Waals surface area contributed by atoms with Gasteiger partial charge in [-0.05, 0) is 68.4 Å². The first-order valence-corrected chi connectivity index (χ1v) is 19.0. The number of anilines is 1. The fraction of sp³-hybridized carbons (Fsp3) is 0.600. The summed E-state index contributed by atoms with van der Waals surface area (Å²) in [4.78, 5) is 55.8. The summed E-state index contributed by atoms with van der Waals surface area (Å²) in [5, 5.41) is 68.6. The van der Waals surface area contributed by atoms with E-state index < -0.39 is 98.6 Å². The summed E-state index contributed by atoms with van der Waals surface area (Å²) in [6.45, 7) is 9.18. The second-order valence-corrected chi connectivity index (χ2v) is 17.4. The molecule has 11 atom stereocenters. The molecule has 9 N–H and O–H groups in total. The Hall–Kier alpha value is -4.32. The van der Waals surface area contributed by atoms with Gasteiger partial charge in [0, 0.05) is 41.7 Å². The third-order valence-corrected chi connectivity index (χ3v) is 14.8. The molecule has 56 heavy (non-hydrogen) atoms. The van der Waals surface area contributed by atoms with E-state index >= 15 is 0 Å². The second-order valence-electron chi connectivity index (χ2n) is 17.4. The number of benzene rings is 1. The van der Waals surface area contributed by atoms with Crippen LogP contribution in [0.25, 0.3) is 11.0 Å². The van der Waals surface area contributed by atoms with Gasteiger partial charge >= 0.3 is 17.6 Å². The number of carbonyl (C=O) groups excluding carboxylic acids is 3. The van der Waals surface area contributed by atoms with Gasteiger partial charge in [-0.1, -0.05) is 27.7 Å². The summed E-state index contributed by atoms with van der Waals surface area (Å²) in [6.07, 6.45) is -2.96. The van der Waals surface area contributed by atoms with Gasteiger partial charge in [0.1, 0.15) is 39.8 Å². The molecule has 4 saturated carbocycles. The first-order valence-electron chi connectivity index (χ1n) is 19.0. The maximum absolute atomic E-state index is 13.7. The van der Waals surface area contributed by atoms with Crippen LogP contribution in [0.15, 0.2) is 45.7 Å². The number of nitrogens with one attached hydrogen (secondary N) is 2. The fourth-order valence-corrected chi connectivity index (χ4v) is 12.1. The van der Waals surface area contributed by atoms with Crippen molar-refractivity contribution in [2.45, 2.75) is 120 Å². The van der Waals surface area contributed by atoms with Crippen LogP contribution >= 0.6 is 0 Å². The van der Waals surface area contributed by atoms with Crippen LogP contribution in [0, 0.1) is 29.6 Å². The number of carbonyl (C=O) groups is 3. The lowest BCUT2D eigenvalue weighted by atomic mass is 9.52. The molecule has 6 aliphatic rings. The zero-order valence-electron chi connectivity index (χ0n) is 32.1. The van der Waals surface area contributed by atoms with Crippen LogP contribution in [0.5, 0.6) is 0 Å². The molecule has 2 aromatic heterocycles. The van der Waals surface area contributed by atoms with Crippen molar-refractivity contribution in [2.24, 2.45) is 22.7 Å². The van der Waals surface area contributed by atoms with Crippen LogP contribution < -0.4 is 16.7 Å². The third kappa shape index (κ3) is 3.99. The molecule has 2 aliphatic heterocycles. The maximum atomic E-state index is 13.7. The van der Waals surface area contributed by atoms with E-state index in [2.05, 4.69) is 10.3 Å². The Labute approximate surface area is 321 Å². The summed E-state index contributed by atoms with van der Waals surface area (Å²) >= 11 is 0. The highest BCUT2D eigenvalue weighted by Crippen LogP contribution is 2.90. The van der Waals surface area contributed by atoms with Gasteiger partial charge in [0.25, 0.3) is 0 Å². The number of aromatic nitrogens is 1. The van der Waals surface area contributed by atoms with Crippen molar-refractivity contribution in [3.8, 4) is 0 Å². The molecule has 16 nitrogen and oxygen atoms in total. The normalized spacial score (nSPS) is 41.6. The van der Waals surface area contributed by atoms with E-state index in [-0.39, 0.29) is 49.1 Å². The van der Waals surface area contributed by atoms with Crippen molar-refractivity contribution >= 4 is 34.5 Å². The number of ether oxygens (including phenoxy) is 3. The highest BCUT2D eigenvalue weighted by molar-refractivity contribution is 5.88. The molecule has 6 fully saturated rings. The number of aryl methyl sites for hydroxylation is 1. The Balaban J connectivity index is 1.10. The van der Waals surface area contributed by atoms with Crippen molar-refractivity contribution < 1.29 is 58.5 Å². The first-order chi connectivity index (χ1) is 26.1. The highest BCUT2D eigenvalue weighted by atomic mass is 16.7. The Kier molecular flexibility index (Phi) is 8.01. The van der Waals surface area contributed by atoms with Gasteiger partial charge in [0.15, 0.2) is 17.5 Å². The number of nitrogen functional groups attached to an aromatic ring is 1. The Morgan fingerprint density at radius 1 is 1.09 bits per heavy atom. The molecular weight excluding hydrogens is 730 g/mol. The number of amides is 1. The molecule has 1 amide bonds. The van der Waals surface area contributed by atoms with Gasteiger partial charge in [-0.3, -0.25) is 9.59 Å². The standard InChI is InChI=1S/C40H49N3O13/c1-19(2)37(50)32(55-31(47)25-8-7-14-42-25)38(51)33(5)18-36(49)34(37,6)40(38,52)39(56-36)29(20(3)11-13-35(33,39)48)54-28(45)12-15-43-27(44)17-24-21(4)23-10-9-22(41)16-26(23)53-30(24)46/h7-10,14,16,19-20,29,32,42,48-52H,11-13,15,17-18,41H2,1-6H3,(H,43,44)/t20-,29+,32+,33-,34?,35-,36?,37+,38+,39+,40+/m0/s1. The van der Waals surface area contributed by atoms with Crippen LogP contribution in [-0.4, -0.2) is 101 Å².